The van der Waals surface area contributed by atoms with Gasteiger partial charge >= 0.3 is 0 Å². The molecule has 0 atom stereocenters. The Morgan fingerprint density at radius 2 is 1.83 bits per heavy atom. The first-order valence-electron chi connectivity index (χ1n) is 6.87. The third-order valence-electron chi connectivity index (χ3n) is 4.20. The molecule has 0 saturated heterocycles. The molecule has 0 aliphatic heterocycles. The van der Waals surface area contributed by atoms with Gasteiger partial charge in [0.15, 0.2) is 11.5 Å². The van der Waals surface area contributed by atoms with E-state index < -0.39 is 0 Å². The van der Waals surface area contributed by atoms with E-state index in [2.05, 4.69) is 17.2 Å². The van der Waals surface area contributed by atoms with Gasteiger partial charge in [0.05, 0.1) is 0 Å². The zero-order valence-corrected chi connectivity index (χ0v) is 11.0. The third kappa shape index (κ3) is 1.72. The van der Waals surface area contributed by atoms with E-state index in [-0.39, 0.29) is 0 Å². The van der Waals surface area contributed by atoms with Gasteiger partial charge in [-0.1, -0.05) is 24.4 Å². The van der Waals surface area contributed by atoms with Crippen LogP contribution in [-0.2, 0) is 0 Å². The first-order chi connectivity index (χ1) is 8.81. The number of nitrogens with zero attached hydrogens (tertiary/aromatic N) is 3. The molecule has 0 aromatic carbocycles. The lowest BCUT2D eigenvalue weighted by Crippen LogP contribution is -1.96. The number of fused-ring (bicyclic) bond motifs is 1. The number of rotatable bonds is 2. The van der Waals surface area contributed by atoms with Gasteiger partial charge < -0.3 is 0 Å². The van der Waals surface area contributed by atoms with Gasteiger partial charge in [0.1, 0.15) is 5.15 Å². The molecule has 0 amide bonds. The van der Waals surface area contributed by atoms with Gasteiger partial charge in [-0.2, -0.15) is 0 Å². The van der Waals surface area contributed by atoms with Gasteiger partial charge in [-0.05, 0) is 49.3 Å². The molecule has 0 bridgehead atoms. The second-order valence-electron chi connectivity index (χ2n) is 5.61. The first-order valence-corrected chi connectivity index (χ1v) is 7.25. The van der Waals surface area contributed by atoms with Crippen molar-refractivity contribution < 1.29 is 0 Å². The Bertz CT molecular complexity index is 594. The van der Waals surface area contributed by atoms with E-state index >= 15 is 0 Å². The molecule has 2 heterocycles. The second-order valence-corrected chi connectivity index (χ2v) is 5.99. The predicted molar refractivity (Wildman–Crippen MR) is 71.2 cm³/mol. The Kier molecular flexibility index (Phi) is 2.37. The van der Waals surface area contributed by atoms with Crippen LogP contribution in [0.2, 0.25) is 5.15 Å². The van der Waals surface area contributed by atoms with Crippen LogP contribution in [0.15, 0.2) is 12.1 Å². The van der Waals surface area contributed by atoms with E-state index in [9.17, 15) is 0 Å². The molecule has 0 N–H and O–H groups in total. The summed E-state index contributed by atoms with van der Waals surface area (Å²) in [6, 6.07) is 4.22. The average molecular weight is 262 g/mol. The van der Waals surface area contributed by atoms with Crippen molar-refractivity contribution in [2.45, 2.75) is 50.4 Å². The highest BCUT2D eigenvalue weighted by Crippen LogP contribution is 2.41. The van der Waals surface area contributed by atoms with Crippen molar-refractivity contribution in [1.29, 1.82) is 0 Å². The summed E-state index contributed by atoms with van der Waals surface area (Å²) in [6.07, 6.45) is 7.64. The van der Waals surface area contributed by atoms with Gasteiger partial charge in [-0.3, -0.25) is 0 Å². The highest BCUT2D eigenvalue weighted by molar-refractivity contribution is 6.29. The summed E-state index contributed by atoms with van der Waals surface area (Å²) in [6.45, 7) is 0. The Morgan fingerprint density at radius 1 is 1.06 bits per heavy atom. The van der Waals surface area contributed by atoms with Crippen molar-refractivity contribution in [1.82, 2.24) is 14.6 Å². The Balaban J connectivity index is 1.80. The maximum absolute atomic E-state index is 6.31. The Morgan fingerprint density at radius 3 is 2.56 bits per heavy atom. The van der Waals surface area contributed by atoms with E-state index in [4.69, 9.17) is 16.6 Å². The van der Waals surface area contributed by atoms with Gasteiger partial charge in [0, 0.05) is 5.92 Å². The van der Waals surface area contributed by atoms with Crippen LogP contribution in [0.3, 0.4) is 0 Å². The molecule has 18 heavy (non-hydrogen) atoms. The zero-order valence-electron chi connectivity index (χ0n) is 10.3. The molecule has 94 valence electrons. The molecule has 2 aromatic heterocycles. The van der Waals surface area contributed by atoms with Gasteiger partial charge in [-0.25, -0.2) is 9.50 Å². The fourth-order valence-corrected chi connectivity index (χ4v) is 3.24. The Labute approximate surface area is 111 Å². The summed E-state index contributed by atoms with van der Waals surface area (Å²) in [7, 11) is 0. The fourth-order valence-electron chi connectivity index (χ4n) is 2.99. The summed E-state index contributed by atoms with van der Waals surface area (Å²) >= 11 is 6.31. The highest BCUT2D eigenvalue weighted by Gasteiger charge is 2.26. The number of hydrogen-bond donors (Lipinski definition) is 0. The molecule has 3 nitrogen and oxygen atoms in total. The molecule has 2 aliphatic carbocycles. The minimum absolute atomic E-state index is 0.547. The van der Waals surface area contributed by atoms with Crippen LogP contribution >= 0.6 is 11.6 Å². The van der Waals surface area contributed by atoms with Crippen molar-refractivity contribution in [2.75, 3.05) is 0 Å². The molecule has 2 aromatic rings. The highest BCUT2D eigenvalue weighted by atomic mass is 35.5. The molecule has 4 heteroatoms. The molecule has 0 radical (unpaired) electrons. The summed E-state index contributed by atoms with van der Waals surface area (Å²) in [5, 5.41) is 5.29. The summed E-state index contributed by atoms with van der Waals surface area (Å²) in [4.78, 5) is 4.69. The lowest BCUT2D eigenvalue weighted by Gasteiger charge is -2.01. The molecule has 2 aliphatic rings. The maximum atomic E-state index is 6.31. The number of pyridine rings is 1. The number of aromatic nitrogens is 3. The van der Waals surface area contributed by atoms with Crippen LogP contribution in [0, 0.1) is 0 Å². The monoisotopic (exact) mass is 261 g/mol. The van der Waals surface area contributed by atoms with Crippen LogP contribution in [0.4, 0.5) is 0 Å². The number of hydrogen-bond acceptors (Lipinski definition) is 2. The molecule has 2 saturated carbocycles. The summed E-state index contributed by atoms with van der Waals surface area (Å²) in [5.41, 5.74) is 2.25. The van der Waals surface area contributed by atoms with E-state index in [0.717, 1.165) is 11.5 Å². The lowest BCUT2D eigenvalue weighted by molar-refractivity contribution is 0.666. The van der Waals surface area contributed by atoms with Gasteiger partial charge in [-0.15, -0.1) is 5.10 Å². The molecular formula is C14H16ClN3. The van der Waals surface area contributed by atoms with Crippen LogP contribution in [-0.4, -0.2) is 14.6 Å². The average Bonchev–Trinajstić information content (AvgIpc) is 2.91. The SMILES string of the molecule is Clc1cc(C2CC2)cc2nc(C3CCCC3)nn12. The van der Waals surface area contributed by atoms with E-state index in [1.54, 1.807) is 4.52 Å². The largest absolute Gasteiger partial charge is 0.212 e. The quantitative estimate of drug-likeness (QED) is 0.767. The van der Waals surface area contributed by atoms with Crippen molar-refractivity contribution in [3.63, 3.8) is 0 Å². The molecule has 0 unspecified atom stereocenters. The standard InChI is InChI=1S/C14H16ClN3/c15-12-7-11(9-5-6-9)8-13-16-14(17-18(12)13)10-3-1-2-4-10/h7-10H,1-6H2. The van der Waals surface area contributed by atoms with Crippen LogP contribution < -0.4 is 0 Å². The van der Waals surface area contributed by atoms with E-state index in [0.29, 0.717) is 17.0 Å². The smallest absolute Gasteiger partial charge is 0.157 e. The molecule has 0 spiro atoms. The fraction of sp³-hybridized carbons (Fsp3) is 0.571. The molecular weight excluding hydrogens is 246 g/mol. The predicted octanol–water partition coefficient (Wildman–Crippen LogP) is 3.92. The molecule has 2 fully saturated rings. The van der Waals surface area contributed by atoms with Crippen molar-refractivity contribution >= 4 is 17.2 Å². The van der Waals surface area contributed by atoms with Crippen molar-refractivity contribution in [2.24, 2.45) is 0 Å². The number of halogens is 1. The topological polar surface area (TPSA) is 30.2 Å². The van der Waals surface area contributed by atoms with Crippen LogP contribution in [0.25, 0.3) is 5.65 Å². The minimum Gasteiger partial charge on any atom is -0.212 e. The first kappa shape index (κ1) is 10.8. The maximum Gasteiger partial charge on any atom is 0.157 e. The van der Waals surface area contributed by atoms with Crippen molar-refractivity contribution in [3.8, 4) is 0 Å². The van der Waals surface area contributed by atoms with E-state index in [1.807, 2.05) is 0 Å². The second kappa shape index (κ2) is 3.95. The summed E-state index contributed by atoms with van der Waals surface area (Å²) < 4.78 is 1.79. The van der Waals surface area contributed by atoms with Gasteiger partial charge in [0.25, 0.3) is 0 Å². The van der Waals surface area contributed by atoms with Gasteiger partial charge in [0.2, 0.25) is 0 Å². The normalized spacial score (nSPS) is 20.9. The summed E-state index contributed by atoms with van der Waals surface area (Å²) in [5.74, 6) is 2.24. The third-order valence-corrected chi connectivity index (χ3v) is 4.47. The lowest BCUT2D eigenvalue weighted by atomic mass is 10.1. The van der Waals surface area contributed by atoms with E-state index in [1.165, 1.54) is 44.1 Å². The van der Waals surface area contributed by atoms with Crippen molar-refractivity contribution in [3.05, 3.63) is 28.7 Å². The molecule has 4 rings (SSSR count). The Hall–Kier alpha value is -1.09. The minimum atomic E-state index is 0.547. The zero-order chi connectivity index (χ0) is 12.1. The van der Waals surface area contributed by atoms with Crippen LogP contribution in [0.1, 0.15) is 61.7 Å². The van der Waals surface area contributed by atoms with Crippen LogP contribution in [0.5, 0.6) is 0 Å².